The Morgan fingerprint density at radius 2 is 1.80 bits per heavy atom. The molecule has 0 fully saturated rings. The first-order valence-electron chi connectivity index (χ1n) is 7.17. The molecule has 0 aliphatic carbocycles. The predicted octanol–water partition coefficient (Wildman–Crippen LogP) is 2.43. The number of benzene rings is 2. The van der Waals surface area contributed by atoms with Gasteiger partial charge in [0.2, 0.25) is 11.7 Å². The second-order valence-electron chi connectivity index (χ2n) is 5.23. The highest BCUT2D eigenvalue weighted by atomic mass is 19.4. The van der Waals surface area contributed by atoms with E-state index in [4.69, 9.17) is 5.73 Å². The molecule has 0 bridgehead atoms. The number of halogens is 3. The zero-order valence-electron chi connectivity index (χ0n) is 12.7. The van der Waals surface area contributed by atoms with Gasteiger partial charge in [0.25, 0.3) is 0 Å². The van der Waals surface area contributed by atoms with Crippen molar-refractivity contribution in [2.24, 2.45) is 5.73 Å². The van der Waals surface area contributed by atoms with Crippen LogP contribution in [-0.2, 0) is 11.0 Å². The van der Waals surface area contributed by atoms with Crippen LogP contribution in [0.5, 0.6) is 0 Å². The average molecular weight is 347 g/mol. The highest BCUT2D eigenvalue weighted by Gasteiger charge is 2.31. The summed E-state index contributed by atoms with van der Waals surface area (Å²) in [4.78, 5) is 12.8. The lowest BCUT2D eigenvalue weighted by Crippen LogP contribution is -2.29. The first-order valence-corrected chi connectivity index (χ1v) is 7.17. The molecule has 3 rings (SSSR count). The molecule has 0 aliphatic heterocycles. The van der Waals surface area contributed by atoms with Crippen LogP contribution in [0.2, 0.25) is 0 Å². The third kappa shape index (κ3) is 3.49. The molecule has 25 heavy (non-hydrogen) atoms. The van der Waals surface area contributed by atoms with Crippen LogP contribution in [0.25, 0.3) is 11.4 Å². The number of nitrogens with two attached hydrogens (primary N) is 1. The first-order chi connectivity index (χ1) is 11.9. The van der Waals surface area contributed by atoms with Crippen molar-refractivity contribution in [2.75, 3.05) is 0 Å². The lowest BCUT2D eigenvalue weighted by atomic mass is 10.1. The maximum absolute atomic E-state index is 12.8. The van der Waals surface area contributed by atoms with E-state index in [1.807, 2.05) is 0 Å². The van der Waals surface area contributed by atoms with Gasteiger partial charge in [-0.15, -0.1) is 15.0 Å². The lowest BCUT2D eigenvalue weighted by molar-refractivity contribution is -0.137. The number of primary amides is 1. The summed E-state index contributed by atoms with van der Waals surface area (Å²) in [6, 6.07) is 12.1. The number of hydrogen-bond acceptors (Lipinski definition) is 4. The summed E-state index contributed by atoms with van der Waals surface area (Å²) < 4.78 is 38.5. The van der Waals surface area contributed by atoms with Gasteiger partial charge in [0.15, 0.2) is 6.04 Å². The van der Waals surface area contributed by atoms with Crippen LogP contribution in [0.4, 0.5) is 13.2 Å². The van der Waals surface area contributed by atoms with Gasteiger partial charge in [-0.25, -0.2) is 0 Å². The van der Waals surface area contributed by atoms with E-state index in [-0.39, 0.29) is 11.4 Å². The topological polar surface area (TPSA) is 86.7 Å². The van der Waals surface area contributed by atoms with Crippen LogP contribution in [-0.4, -0.2) is 26.1 Å². The Labute approximate surface area is 140 Å². The highest BCUT2D eigenvalue weighted by molar-refractivity contribution is 5.81. The summed E-state index contributed by atoms with van der Waals surface area (Å²) in [5.74, 6) is -0.743. The molecule has 0 aliphatic rings. The number of carbonyl (C=O) groups excluding carboxylic acids is 1. The number of hydrogen-bond donors (Lipinski definition) is 1. The van der Waals surface area contributed by atoms with Crippen LogP contribution in [0.1, 0.15) is 17.2 Å². The van der Waals surface area contributed by atoms with Crippen molar-refractivity contribution in [3.8, 4) is 11.4 Å². The van der Waals surface area contributed by atoms with Gasteiger partial charge in [0.1, 0.15) is 0 Å². The Morgan fingerprint density at radius 3 is 2.44 bits per heavy atom. The Kier molecular flexibility index (Phi) is 4.22. The maximum Gasteiger partial charge on any atom is 0.416 e. The molecule has 1 unspecified atom stereocenters. The minimum absolute atomic E-state index is 0.0340. The molecule has 3 aromatic rings. The molecule has 0 radical (unpaired) electrons. The molecular formula is C16H12F3N5O. The van der Waals surface area contributed by atoms with Gasteiger partial charge in [0, 0.05) is 5.56 Å². The summed E-state index contributed by atoms with van der Waals surface area (Å²) in [6.07, 6.45) is -4.48. The fourth-order valence-electron chi connectivity index (χ4n) is 2.33. The normalized spacial score (nSPS) is 12.8. The minimum Gasteiger partial charge on any atom is -0.367 e. The highest BCUT2D eigenvalue weighted by Crippen LogP contribution is 2.31. The molecule has 2 N–H and O–H groups in total. The van der Waals surface area contributed by atoms with Gasteiger partial charge in [-0.3, -0.25) is 4.79 Å². The Bertz CT molecular complexity index is 892. The molecule has 0 saturated heterocycles. The quantitative estimate of drug-likeness (QED) is 0.785. The monoisotopic (exact) mass is 347 g/mol. The fraction of sp³-hybridized carbons (Fsp3) is 0.125. The van der Waals surface area contributed by atoms with Crippen LogP contribution >= 0.6 is 0 Å². The third-order valence-electron chi connectivity index (χ3n) is 3.49. The van der Waals surface area contributed by atoms with E-state index < -0.39 is 23.7 Å². The number of nitrogens with zero attached hydrogens (tertiary/aromatic N) is 4. The van der Waals surface area contributed by atoms with Gasteiger partial charge in [-0.1, -0.05) is 42.5 Å². The minimum atomic E-state index is -4.48. The third-order valence-corrected chi connectivity index (χ3v) is 3.49. The average Bonchev–Trinajstić information content (AvgIpc) is 3.04. The zero-order valence-corrected chi connectivity index (χ0v) is 12.7. The smallest absolute Gasteiger partial charge is 0.367 e. The molecule has 128 valence electrons. The predicted molar refractivity (Wildman–Crippen MR) is 82.0 cm³/mol. The first kappa shape index (κ1) is 16.6. The van der Waals surface area contributed by atoms with E-state index in [0.717, 1.165) is 16.9 Å². The summed E-state index contributed by atoms with van der Waals surface area (Å²) in [7, 11) is 0. The van der Waals surface area contributed by atoms with E-state index in [2.05, 4.69) is 15.4 Å². The van der Waals surface area contributed by atoms with Crippen LogP contribution in [0.15, 0.2) is 54.6 Å². The van der Waals surface area contributed by atoms with Gasteiger partial charge in [-0.2, -0.15) is 13.2 Å². The van der Waals surface area contributed by atoms with E-state index in [9.17, 15) is 18.0 Å². The SMILES string of the molecule is NC(=O)C(c1ccccc1)n1nnc(-c2cccc(C(F)(F)F)c2)n1. The maximum atomic E-state index is 12.8. The molecule has 2 aromatic carbocycles. The molecule has 9 heteroatoms. The second-order valence-corrected chi connectivity index (χ2v) is 5.23. The number of amides is 1. The van der Waals surface area contributed by atoms with Crippen molar-refractivity contribution in [3.05, 3.63) is 65.7 Å². The summed E-state index contributed by atoms with van der Waals surface area (Å²) in [5.41, 5.74) is 5.27. The Morgan fingerprint density at radius 1 is 1.08 bits per heavy atom. The van der Waals surface area contributed by atoms with Crippen LogP contribution < -0.4 is 5.73 Å². The fourth-order valence-corrected chi connectivity index (χ4v) is 2.33. The van der Waals surface area contributed by atoms with E-state index in [1.54, 1.807) is 30.3 Å². The van der Waals surface area contributed by atoms with Gasteiger partial charge < -0.3 is 5.73 Å². The number of carbonyl (C=O) groups is 1. The van der Waals surface area contributed by atoms with Crippen molar-refractivity contribution in [1.29, 1.82) is 0 Å². The van der Waals surface area contributed by atoms with E-state index in [0.29, 0.717) is 5.56 Å². The Balaban J connectivity index is 1.98. The summed E-state index contributed by atoms with van der Waals surface area (Å²) in [5, 5.41) is 11.5. The number of alkyl halides is 3. The molecule has 1 amide bonds. The molecule has 1 atom stereocenters. The summed E-state index contributed by atoms with van der Waals surface area (Å²) in [6.45, 7) is 0. The van der Waals surface area contributed by atoms with Gasteiger partial charge in [0.05, 0.1) is 5.56 Å². The van der Waals surface area contributed by atoms with Crippen LogP contribution in [0.3, 0.4) is 0 Å². The van der Waals surface area contributed by atoms with Gasteiger partial charge >= 0.3 is 6.18 Å². The van der Waals surface area contributed by atoms with Crippen molar-refractivity contribution >= 4 is 5.91 Å². The number of aromatic nitrogens is 4. The number of rotatable bonds is 4. The molecule has 1 aromatic heterocycles. The van der Waals surface area contributed by atoms with E-state index >= 15 is 0 Å². The van der Waals surface area contributed by atoms with Crippen molar-refractivity contribution in [1.82, 2.24) is 20.2 Å². The van der Waals surface area contributed by atoms with Crippen LogP contribution in [0, 0.1) is 0 Å². The zero-order chi connectivity index (χ0) is 18.0. The molecular weight excluding hydrogens is 335 g/mol. The molecule has 0 saturated carbocycles. The molecule has 6 nitrogen and oxygen atoms in total. The van der Waals surface area contributed by atoms with E-state index in [1.165, 1.54) is 12.1 Å². The molecule has 0 spiro atoms. The van der Waals surface area contributed by atoms with Crippen molar-refractivity contribution < 1.29 is 18.0 Å². The lowest BCUT2D eigenvalue weighted by Gasteiger charge is -2.11. The standard InChI is InChI=1S/C16H12F3N5O/c17-16(18,19)12-8-4-7-11(9-12)15-21-23-24(22-15)13(14(20)25)10-5-2-1-3-6-10/h1-9,13H,(H2,20,25). The summed E-state index contributed by atoms with van der Waals surface area (Å²) >= 11 is 0. The van der Waals surface area contributed by atoms with Crippen molar-refractivity contribution in [2.45, 2.75) is 12.2 Å². The van der Waals surface area contributed by atoms with Gasteiger partial charge in [-0.05, 0) is 22.9 Å². The van der Waals surface area contributed by atoms with Crippen molar-refractivity contribution in [3.63, 3.8) is 0 Å². The second kappa shape index (κ2) is 6.34. The Hall–Kier alpha value is -3.23. The largest absolute Gasteiger partial charge is 0.416 e. The molecule has 1 heterocycles. The number of tetrazole rings is 1.